The largest absolute Gasteiger partial charge is 0.356 e. The van der Waals surface area contributed by atoms with Gasteiger partial charge in [0.2, 0.25) is 0 Å². The first kappa shape index (κ1) is 21.6. The Balaban J connectivity index is 0.00000288. The molecule has 0 bridgehead atoms. The number of halogens is 1. The molecule has 2 heterocycles. The quantitative estimate of drug-likeness (QED) is 0.370. The van der Waals surface area contributed by atoms with Crippen LogP contribution >= 0.6 is 35.3 Å². The lowest BCUT2D eigenvalue weighted by atomic mass is 10.1. The summed E-state index contributed by atoms with van der Waals surface area (Å²) < 4.78 is 0. The van der Waals surface area contributed by atoms with Crippen molar-refractivity contribution in [3.05, 3.63) is 15.6 Å². The van der Waals surface area contributed by atoms with Gasteiger partial charge in [-0.25, -0.2) is 4.98 Å². The molecule has 0 aromatic carbocycles. The molecule has 0 radical (unpaired) electrons. The number of aryl methyl sites for hydroxylation is 2. The molecule has 7 heteroatoms. The number of likely N-dealkylation sites (tertiary alicyclic amines) is 1. The minimum Gasteiger partial charge on any atom is -0.356 e. The highest BCUT2D eigenvalue weighted by molar-refractivity contribution is 14.0. The summed E-state index contributed by atoms with van der Waals surface area (Å²) in [5.74, 6) is 1.65. The highest BCUT2D eigenvalue weighted by atomic mass is 127. The Morgan fingerprint density at radius 1 is 1.38 bits per heavy atom. The lowest BCUT2D eigenvalue weighted by Gasteiger charge is -2.16. The molecule has 1 aromatic heterocycles. The third-order valence-corrected chi connectivity index (χ3v) is 5.53. The van der Waals surface area contributed by atoms with Gasteiger partial charge in [0.1, 0.15) is 0 Å². The first-order valence-electron chi connectivity index (χ1n) is 8.72. The maximum Gasteiger partial charge on any atom is 0.191 e. The third kappa shape index (κ3) is 6.84. The van der Waals surface area contributed by atoms with Gasteiger partial charge in [0, 0.05) is 38.0 Å². The number of aromatic nitrogens is 1. The molecule has 24 heavy (non-hydrogen) atoms. The average Bonchev–Trinajstić information content (AvgIpc) is 3.10. The smallest absolute Gasteiger partial charge is 0.191 e. The van der Waals surface area contributed by atoms with Crippen molar-refractivity contribution in [1.82, 2.24) is 20.5 Å². The maximum absolute atomic E-state index is 4.58. The second kappa shape index (κ2) is 11.3. The van der Waals surface area contributed by atoms with E-state index in [-0.39, 0.29) is 24.0 Å². The van der Waals surface area contributed by atoms with Crippen molar-refractivity contribution in [3.63, 3.8) is 0 Å². The maximum atomic E-state index is 4.58. The zero-order chi connectivity index (χ0) is 16.7. The molecule has 0 saturated carbocycles. The zero-order valence-corrected chi connectivity index (χ0v) is 18.5. The van der Waals surface area contributed by atoms with Gasteiger partial charge >= 0.3 is 0 Å². The van der Waals surface area contributed by atoms with Crippen LogP contribution in [0.4, 0.5) is 0 Å². The first-order valence-corrected chi connectivity index (χ1v) is 9.53. The van der Waals surface area contributed by atoms with Gasteiger partial charge in [-0.15, -0.1) is 35.3 Å². The van der Waals surface area contributed by atoms with Crippen LogP contribution in [-0.2, 0) is 6.42 Å². The third-order valence-electron chi connectivity index (χ3n) is 4.40. The molecule has 5 nitrogen and oxygen atoms in total. The van der Waals surface area contributed by atoms with Crippen LogP contribution in [0.2, 0.25) is 0 Å². The van der Waals surface area contributed by atoms with Crippen molar-refractivity contribution in [3.8, 4) is 0 Å². The Morgan fingerprint density at radius 3 is 2.79 bits per heavy atom. The number of hydrogen-bond acceptors (Lipinski definition) is 4. The Kier molecular flexibility index (Phi) is 10.1. The fourth-order valence-corrected chi connectivity index (χ4v) is 3.93. The molecule has 1 aliphatic rings. The second-order valence-corrected chi connectivity index (χ2v) is 7.62. The van der Waals surface area contributed by atoms with Crippen molar-refractivity contribution >= 4 is 41.3 Å². The average molecular weight is 465 g/mol. The number of rotatable bonds is 7. The second-order valence-electron chi connectivity index (χ2n) is 6.33. The fraction of sp³-hybridized carbons (Fsp3) is 0.765. The fourth-order valence-electron chi connectivity index (χ4n) is 2.99. The monoisotopic (exact) mass is 465 g/mol. The van der Waals surface area contributed by atoms with Gasteiger partial charge in [-0.05, 0) is 45.7 Å². The highest BCUT2D eigenvalue weighted by Crippen LogP contribution is 2.16. The molecule has 138 valence electrons. The minimum absolute atomic E-state index is 0. The van der Waals surface area contributed by atoms with E-state index in [1.54, 1.807) is 11.3 Å². The predicted molar refractivity (Wildman–Crippen MR) is 115 cm³/mol. The van der Waals surface area contributed by atoms with E-state index in [4.69, 9.17) is 0 Å². The van der Waals surface area contributed by atoms with Gasteiger partial charge < -0.3 is 15.5 Å². The topological polar surface area (TPSA) is 52.5 Å². The number of nitrogens with one attached hydrogen (secondary N) is 2. The van der Waals surface area contributed by atoms with Crippen LogP contribution in [0.15, 0.2) is 4.99 Å². The lowest BCUT2D eigenvalue weighted by Crippen LogP contribution is -2.41. The lowest BCUT2D eigenvalue weighted by molar-refractivity contribution is 0.324. The van der Waals surface area contributed by atoms with Crippen molar-refractivity contribution in [2.45, 2.75) is 40.0 Å². The molecule has 0 spiro atoms. The van der Waals surface area contributed by atoms with Gasteiger partial charge in [-0.2, -0.15) is 0 Å². The van der Waals surface area contributed by atoms with Crippen molar-refractivity contribution in [2.75, 3.05) is 39.8 Å². The summed E-state index contributed by atoms with van der Waals surface area (Å²) >= 11 is 1.80. The number of nitrogens with zero attached hydrogens (tertiary/aromatic N) is 3. The predicted octanol–water partition coefficient (Wildman–Crippen LogP) is 2.82. The Labute approximate surface area is 167 Å². The first-order chi connectivity index (χ1) is 11.1. The number of guanidine groups is 1. The molecule has 1 aromatic rings. The van der Waals surface area contributed by atoms with Gasteiger partial charge in [0.15, 0.2) is 5.96 Å². The summed E-state index contributed by atoms with van der Waals surface area (Å²) in [6, 6.07) is 0. The van der Waals surface area contributed by atoms with E-state index in [0.29, 0.717) is 0 Å². The molecule has 1 atom stereocenters. The minimum atomic E-state index is 0. The highest BCUT2D eigenvalue weighted by Gasteiger charge is 2.21. The van der Waals surface area contributed by atoms with Crippen LogP contribution in [0.25, 0.3) is 0 Å². The van der Waals surface area contributed by atoms with Crippen LogP contribution in [-0.4, -0.2) is 55.6 Å². The van der Waals surface area contributed by atoms with E-state index in [9.17, 15) is 0 Å². The molecule has 2 N–H and O–H groups in total. The van der Waals surface area contributed by atoms with E-state index in [1.807, 2.05) is 7.05 Å². The molecule has 0 amide bonds. The number of aliphatic imine (C=N–C) groups is 1. The van der Waals surface area contributed by atoms with E-state index in [1.165, 1.54) is 42.4 Å². The van der Waals surface area contributed by atoms with Gasteiger partial charge in [-0.3, -0.25) is 4.99 Å². The number of hydrogen-bond donors (Lipinski definition) is 2. The zero-order valence-electron chi connectivity index (χ0n) is 15.4. The molecule has 2 rings (SSSR count). The Hall–Kier alpha value is -0.410. The summed E-state index contributed by atoms with van der Waals surface area (Å²) in [7, 11) is 1.84. The molecule has 1 fully saturated rings. The van der Waals surface area contributed by atoms with Crippen LogP contribution in [0.5, 0.6) is 0 Å². The number of thiazole rings is 1. The summed E-state index contributed by atoms with van der Waals surface area (Å²) in [5, 5.41) is 8.07. The van der Waals surface area contributed by atoms with E-state index in [0.717, 1.165) is 37.1 Å². The molecule has 1 aliphatic heterocycles. The van der Waals surface area contributed by atoms with Crippen LogP contribution in [0.3, 0.4) is 0 Å². The molecule has 1 unspecified atom stereocenters. The van der Waals surface area contributed by atoms with Gasteiger partial charge in [0.25, 0.3) is 0 Å². The van der Waals surface area contributed by atoms with E-state index < -0.39 is 0 Å². The standard InChI is InChI=1S/C17H31N5S.HI/c1-5-9-22-10-7-15(12-22)11-20-17(18-4)19-8-6-16-21-13(2)14(3)23-16;/h15H,5-12H2,1-4H3,(H2,18,19,20);1H. The Morgan fingerprint density at radius 2 is 2.17 bits per heavy atom. The van der Waals surface area contributed by atoms with Crippen molar-refractivity contribution in [2.24, 2.45) is 10.9 Å². The normalized spacial score (nSPS) is 18.5. The SMILES string of the molecule is CCCN1CCC(CNC(=NC)NCCc2nc(C)c(C)s2)C1.I. The van der Waals surface area contributed by atoms with E-state index >= 15 is 0 Å². The summed E-state index contributed by atoms with van der Waals surface area (Å²) in [6.07, 6.45) is 3.49. The van der Waals surface area contributed by atoms with Crippen molar-refractivity contribution in [1.29, 1.82) is 0 Å². The van der Waals surface area contributed by atoms with Crippen LogP contribution in [0.1, 0.15) is 35.3 Å². The Bertz CT molecular complexity index is 498. The summed E-state index contributed by atoms with van der Waals surface area (Å²) in [5.41, 5.74) is 1.16. The van der Waals surface area contributed by atoms with E-state index in [2.05, 4.69) is 46.3 Å². The molecule has 0 aliphatic carbocycles. The molecular formula is C17H32IN5S. The molecule has 1 saturated heterocycles. The van der Waals surface area contributed by atoms with Gasteiger partial charge in [-0.1, -0.05) is 6.92 Å². The van der Waals surface area contributed by atoms with Crippen LogP contribution < -0.4 is 10.6 Å². The van der Waals surface area contributed by atoms with Crippen LogP contribution in [0, 0.1) is 19.8 Å². The van der Waals surface area contributed by atoms with Gasteiger partial charge in [0.05, 0.1) is 10.7 Å². The summed E-state index contributed by atoms with van der Waals surface area (Å²) in [4.78, 5) is 12.8. The molecular weight excluding hydrogens is 433 g/mol. The summed E-state index contributed by atoms with van der Waals surface area (Å²) in [6.45, 7) is 12.0. The van der Waals surface area contributed by atoms with Crippen molar-refractivity contribution < 1.29 is 0 Å².